The van der Waals surface area contributed by atoms with E-state index in [-0.39, 0.29) is 5.91 Å². The average molecular weight is 243 g/mol. The van der Waals surface area contributed by atoms with Crippen LogP contribution in [0, 0.1) is 0 Å². The van der Waals surface area contributed by atoms with Crippen LogP contribution in [0.25, 0.3) is 0 Å². The number of carbonyl (C=O) groups excluding carboxylic acids is 1. The van der Waals surface area contributed by atoms with Crippen LogP contribution in [0.5, 0.6) is 0 Å². The Bertz CT molecular complexity index is 320. The van der Waals surface area contributed by atoms with Crippen molar-refractivity contribution in [1.82, 2.24) is 4.90 Å². The molecule has 0 unspecified atom stereocenters. The van der Waals surface area contributed by atoms with E-state index < -0.39 is 0 Å². The highest BCUT2D eigenvalue weighted by Gasteiger charge is 2.25. The van der Waals surface area contributed by atoms with Gasteiger partial charge in [-0.3, -0.25) is 9.79 Å². The highest BCUT2D eigenvalue weighted by molar-refractivity contribution is 9.18. The summed E-state index contributed by atoms with van der Waals surface area (Å²) in [6.45, 7) is 4.02. The molecule has 0 N–H and O–H groups in total. The van der Waals surface area contributed by atoms with Gasteiger partial charge in [0, 0.05) is 25.6 Å². The summed E-state index contributed by atoms with van der Waals surface area (Å²) in [5.41, 5.74) is 2.62. The van der Waals surface area contributed by atoms with E-state index in [0.29, 0.717) is 0 Å². The molecule has 0 aromatic carbocycles. The minimum Gasteiger partial charge on any atom is -0.338 e. The number of carbonyl (C=O) groups is 1. The van der Waals surface area contributed by atoms with Crippen LogP contribution < -0.4 is 0 Å². The second kappa shape index (κ2) is 3.25. The molecule has 2 heterocycles. The molecule has 0 saturated heterocycles. The molecule has 2 aliphatic heterocycles. The van der Waals surface area contributed by atoms with Crippen molar-refractivity contribution in [2.45, 2.75) is 13.3 Å². The minimum absolute atomic E-state index is 0.152. The first kappa shape index (κ1) is 8.94. The molecule has 0 atom stereocenters. The molecule has 0 saturated carbocycles. The third-order valence-electron chi connectivity index (χ3n) is 2.56. The smallest absolute Gasteiger partial charge is 0.219 e. The largest absolute Gasteiger partial charge is 0.338 e. The summed E-state index contributed by atoms with van der Waals surface area (Å²) in [4.78, 5) is 17.3. The van der Waals surface area contributed by atoms with E-state index >= 15 is 0 Å². The first-order valence-electron chi connectivity index (χ1n) is 4.35. The van der Waals surface area contributed by atoms with Gasteiger partial charge in [0.15, 0.2) is 0 Å². The van der Waals surface area contributed by atoms with Crippen LogP contribution in [0.15, 0.2) is 16.1 Å². The van der Waals surface area contributed by atoms with Crippen molar-refractivity contribution in [3.8, 4) is 0 Å². The molecule has 70 valence electrons. The van der Waals surface area contributed by atoms with E-state index in [2.05, 4.69) is 20.9 Å². The maximum absolute atomic E-state index is 11.1. The Morgan fingerprint density at radius 1 is 1.62 bits per heavy atom. The quantitative estimate of drug-likeness (QED) is 0.632. The molecule has 0 spiro atoms. The van der Waals surface area contributed by atoms with E-state index in [1.165, 1.54) is 11.1 Å². The average Bonchev–Trinajstić information content (AvgIpc) is 2.47. The summed E-state index contributed by atoms with van der Waals surface area (Å²) < 4.78 is 0.938. The lowest BCUT2D eigenvalue weighted by atomic mass is 10.0. The summed E-state index contributed by atoms with van der Waals surface area (Å²) in [6.07, 6.45) is 0.980. The van der Waals surface area contributed by atoms with E-state index in [1.54, 1.807) is 6.92 Å². The van der Waals surface area contributed by atoms with Crippen molar-refractivity contribution >= 4 is 26.5 Å². The minimum atomic E-state index is 0.152. The molecular weight excluding hydrogens is 232 g/mol. The summed E-state index contributed by atoms with van der Waals surface area (Å²) in [6, 6.07) is 0. The fourth-order valence-corrected chi connectivity index (χ4v) is 2.25. The van der Waals surface area contributed by atoms with Gasteiger partial charge in [0.2, 0.25) is 5.91 Å². The third-order valence-corrected chi connectivity index (χ3v) is 3.29. The van der Waals surface area contributed by atoms with Gasteiger partial charge in [0.05, 0.1) is 6.54 Å². The van der Waals surface area contributed by atoms with E-state index in [0.717, 1.165) is 30.7 Å². The standard InChI is InChI=1S/C9H11BrN2O/c1-6(13)12-3-2-7-4-11-9(10)8(7)5-12/h2-5H2,1H3. The van der Waals surface area contributed by atoms with Crippen LogP contribution in [0.2, 0.25) is 0 Å². The van der Waals surface area contributed by atoms with Gasteiger partial charge in [-0.05, 0) is 27.9 Å². The van der Waals surface area contributed by atoms with Crippen LogP contribution in [0.4, 0.5) is 0 Å². The van der Waals surface area contributed by atoms with Crippen molar-refractivity contribution in [1.29, 1.82) is 0 Å². The molecule has 0 radical (unpaired) electrons. The number of rotatable bonds is 0. The predicted octanol–water partition coefficient (Wildman–Crippen LogP) is 1.34. The molecule has 0 fully saturated rings. The topological polar surface area (TPSA) is 32.7 Å². The van der Waals surface area contributed by atoms with Crippen molar-refractivity contribution in [3.05, 3.63) is 11.1 Å². The van der Waals surface area contributed by atoms with Crippen LogP contribution in [-0.2, 0) is 4.79 Å². The van der Waals surface area contributed by atoms with Crippen molar-refractivity contribution < 1.29 is 4.79 Å². The van der Waals surface area contributed by atoms with Gasteiger partial charge >= 0.3 is 0 Å². The second-order valence-corrected chi connectivity index (χ2v) is 4.13. The summed E-state index contributed by atoms with van der Waals surface area (Å²) in [7, 11) is 0. The van der Waals surface area contributed by atoms with Crippen LogP contribution in [0.3, 0.4) is 0 Å². The first-order valence-corrected chi connectivity index (χ1v) is 5.14. The second-order valence-electron chi connectivity index (χ2n) is 3.38. The molecule has 2 aliphatic rings. The lowest BCUT2D eigenvalue weighted by molar-refractivity contribution is -0.128. The molecule has 0 aromatic rings. The Morgan fingerprint density at radius 3 is 3.08 bits per heavy atom. The van der Waals surface area contributed by atoms with Crippen LogP contribution in [-0.4, -0.2) is 35.1 Å². The Balaban J connectivity index is 2.18. The fraction of sp³-hybridized carbons (Fsp3) is 0.556. The number of amides is 1. The van der Waals surface area contributed by atoms with Crippen LogP contribution in [0.1, 0.15) is 13.3 Å². The fourth-order valence-electron chi connectivity index (χ4n) is 1.72. The Labute approximate surface area is 85.6 Å². The normalized spacial score (nSPS) is 21.7. The SMILES string of the molecule is CC(=O)N1CCC2=C(C1)C(Br)=NC2. The number of aliphatic imine (C=N–C) groups is 1. The van der Waals surface area contributed by atoms with Gasteiger partial charge in [-0.25, -0.2) is 0 Å². The van der Waals surface area contributed by atoms with E-state index in [1.807, 2.05) is 4.90 Å². The number of nitrogens with zero attached hydrogens (tertiary/aromatic N) is 2. The van der Waals surface area contributed by atoms with E-state index in [4.69, 9.17) is 0 Å². The van der Waals surface area contributed by atoms with Gasteiger partial charge in [-0.2, -0.15) is 0 Å². The lowest BCUT2D eigenvalue weighted by Gasteiger charge is -2.26. The molecule has 2 rings (SSSR count). The zero-order valence-electron chi connectivity index (χ0n) is 7.51. The van der Waals surface area contributed by atoms with E-state index in [9.17, 15) is 4.79 Å². The van der Waals surface area contributed by atoms with Gasteiger partial charge in [0.1, 0.15) is 4.62 Å². The highest BCUT2D eigenvalue weighted by atomic mass is 79.9. The zero-order valence-corrected chi connectivity index (χ0v) is 9.10. The van der Waals surface area contributed by atoms with Gasteiger partial charge in [0.25, 0.3) is 0 Å². The number of hydrogen-bond acceptors (Lipinski definition) is 2. The monoisotopic (exact) mass is 242 g/mol. The van der Waals surface area contributed by atoms with Gasteiger partial charge in [-0.15, -0.1) is 0 Å². The first-order chi connectivity index (χ1) is 6.18. The molecule has 3 nitrogen and oxygen atoms in total. The Morgan fingerprint density at radius 2 is 2.38 bits per heavy atom. The van der Waals surface area contributed by atoms with Crippen molar-refractivity contribution in [3.63, 3.8) is 0 Å². The van der Waals surface area contributed by atoms with Crippen molar-refractivity contribution in [2.24, 2.45) is 4.99 Å². The summed E-state index contributed by atoms with van der Waals surface area (Å²) in [5.74, 6) is 0.152. The number of halogens is 1. The maximum Gasteiger partial charge on any atom is 0.219 e. The molecule has 0 bridgehead atoms. The summed E-state index contributed by atoms with van der Waals surface area (Å²) in [5, 5.41) is 0. The Kier molecular flexibility index (Phi) is 2.24. The molecule has 0 aromatic heterocycles. The summed E-state index contributed by atoms with van der Waals surface area (Å²) >= 11 is 3.41. The molecule has 13 heavy (non-hydrogen) atoms. The molecule has 0 aliphatic carbocycles. The Hall–Kier alpha value is -0.640. The lowest BCUT2D eigenvalue weighted by Crippen LogP contribution is -2.35. The zero-order chi connectivity index (χ0) is 9.42. The van der Waals surface area contributed by atoms with Crippen LogP contribution >= 0.6 is 15.9 Å². The highest BCUT2D eigenvalue weighted by Crippen LogP contribution is 2.26. The van der Waals surface area contributed by atoms with Gasteiger partial charge < -0.3 is 4.90 Å². The molecule has 4 heteroatoms. The van der Waals surface area contributed by atoms with Gasteiger partial charge in [-0.1, -0.05) is 0 Å². The third kappa shape index (κ3) is 1.55. The molecule has 1 amide bonds. The predicted molar refractivity (Wildman–Crippen MR) is 55.1 cm³/mol. The molecular formula is C9H11BrN2O. The van der Waals surface area contributed by atoms with Crippen molar-refractivity contribution in [2.75, 3.05) is 19.6 Å². The maximum atomic E-state index is 11.1. The number of hydrogen-bond donors (Lipinski definition) is 0.